The Morgan fingerprint density at radius 2 is 1.42 bits per heavy atom. The molecule has 2 aromatic rings. The second kappa shape index (κ2) is 6.81. The van der Waals surface area contributed by atoms with Gasteiger partial charge in [-0.1, -0.05) is 24.3 Å². The van der Waals surface area contributed by atoms with Gasteiger partial charge in [-0.05, 0) is 35.4 Å². The molecule has 100 valence electrons. The van der Waals surface area contributed by atoms with E-state index >= 15 is 0 Å². The second-order valence-corrected chi connectivity index (χ2v) is 4.29. The fraction of sp³-hybridized carbons (Fsp3) is 0.250. The molecule has 0 bridgehead atoms. The molecule has 0 radical (unpaired) electrons. The monoisotopic (exact) mass is 257 g/mol. The van der Waals surface area contributed by atoms with Crippen molar-refractivity contribution in [3.63, 3.8) is 0 Å². The predicted molar refractivity (Wildman–Crippen MR) is 76.5 cm³/mol. The van der Waals surface area contributed by atoms with Crippen LogP contribution in [0.25, 0.3) is 0 Å². The van der Waals surface area contributed by atoms with Gasteiger partial charge in [0.2, 0.25) is 0 Å². The van der Waals surface area contributed by atoms with Crippen LogP contribution < -0.4 is 15.2 Å². The van der Waals surface area contributed by atoms with Crippen molar-refractivity contribution < 1.29 is 9.47 Å². The van der Waals surface area contributed by atoms with Gasteiger partial charge in [0.05, 0.1) is 13.7 Å². The van der Waals surface area contributed by atoms with Crippen molar-refractivity contribution in [3.8, 4) is 11.5 Å². The van der Waals surface area contributed by atoms with E-state index in [-0.39, 0.29) is 0 Å². The summed E-state index contributed by atoms with van der Waals surface area (Å²) in [5.74, 6) is 1.70. The molecule has 0 aromatic heterocycles. The van der Waals surface area contributed by atoms with Crippen molar-refractivity contribution in [3.05, 3.63) is 59.7 Å². The molecule has 0 aliphatic carbocycles. The van der Waals surface area contributed by atoms with Crippen LogP contribution in [0.3, 0.4) is 0 Å². The summed E-state index contributed by atoms with van der Waals surface area (Å²) in [6.07, 6.45) is 0.886. The Morgan fingerprint density at radius 3 is 2.00 bits per heavy atom. The number of ether oxygens (including phenoxy) is 2. The van der Waals surface area contributed by atoms with E-state index in [4.69, 9.17) is 15.2 Å². The lowest BCUT2D eigenvalue weighted by molar-refractivity contribution is 0.321. The van der Waals surface area contributed by atoms with Crippen molar-refractivity contribution in [2.45, 2.75) is 13.0 Å². The summed E-state index contributed by atoms with van der Waals surface area (Å²) in [6, 6.07) is 15.9. The van der Waals surface area contributed by atoms with E-state index in [0.717, 1.165) is 23.5 Å². The van der Waals surface area contributed by atoms with Crippen LogP contribution in [0.4, 0.5) is 0 Å². The zero-order valence-electron chi connectivity index (χ0n) is 11.1. The maximum atomic E-state index is 5.69. The normalized spacial score (nSPS) is 10.2. The summed E-state index contributed by atoms with van der Waals surface area (Å²) in [7, 11) is 1.65. The fourth-order valence-corrected chi connectivity index (χ4v) is 1.80. The third kappa shape index (κ3) is 4.00. The predicted octanol–water partition coefficient (Wildman–Crippen LogP) is 2.78. The molecule has 0 unspecified atom stereocenters. The second-order valence-electron chi connectivity index (χ2n) is 4.29. The Labute approximate surface area is 114 Å². The molecule has 19 heavy (non-hydrogen) atoms. The van der Waals surface area contributed by atoms with E-state index in [1.807, 2.05) is 24.3 Å². The lowest BCUT2D eigenvalue weighted by Crippen LogP contribution is -2.02. The van der Waals surface area contributed by atoms with Gasteiger partial charge >= 0.3 is 0 Å². The highest BCUT2D eigenvalue weighted by molar-refractivity contribution is 5.31. The molecule has 2 N–H and O–H groups in total. The Balaban J connectivity index is 1.81. The van der Waals surface area contributed by atoms with E-state index in [9.17, 15) is 0 Å². The zero-order chi connectivity index (χ0) is 13.5. The van der Waals surface area contributed by atoms with Crippen molar-refractivity contribution in [2.24, 2.45) is 5.73 Å². The SMILES string of the molecule is COc1ccc(OCCc2ccc(CN)cc2)cc1. The molecule has 0 saturated heterocycles. The first-order valence-electron chi connectivity index (χ1n) is 6.36. The van der Waals surface area contributed by atoms with E-state index in [1.165, 1.54) is 5.56 Å². The van der Waals surface area contributed by atoms with Crippen LogP contribution >= 0.6 is 0 Å². The van der Waals surface area contributed by atoms with Crippen LogP contribution in [-0.2, 0) is 13.0 Å². The fourth-order valence-electron chi connectivity index (χ4n) is 1.80. The van der Waals surface area contributed by atoms with Crippen LogP contribution in [0, 0.1) is 0 Å². The first-order chi connectivity index (χ1) is 9.31. The summed E-state index contributed by atoms with van der Waals surface area (Å²) in [5, 5.41) is 0. The first-order valence-corrected chi connectivity index (χ1v) is 6.36. The first kappa shape index (κ1) is 13.4. The zero-order valence-corrected chi connectivity index (χ0v) is 11.1. The smallest absolute Gasteiger partial charge is 0.119 e. The molecule has 0 aliphatic rings. The van der Waals surface area contributed by atoms with E-state index in [0.29, 0.717) is 13.2 Å². The molecule has 0 atom stereocenters. The van der Waals surface area contributed by atoms with Crippen LogP contribution in [0.2, 0.25) is 0 Å². The van der Waals surface area contributed by atoms with Crippen LogP contribution in [0.5, 0.6) is 11.5 Å². The van der Waals surface area contributed by atoms with Crippen molar-refractivity contribution in [1.29, 1.82) is 0 Å². The molecule has 0 spiro atoms. The molecule has 0 amide bonds. The number of hydrogen-bond donors (Lipinski definition) is 1. The van der Waals surface area contributed by atoms with E-state index < -0.39 is 0 Å². The average Bonchev–Trinajstić information content (AvgIpc) is 2.49. The topological polar surface area (TPSA) is 44.5 Å². The van der Waals surface area contributed by atoms with Gasteiger partial charge in [0.25, 0.3) is 0 Å². The van der Waals surface area contributed by atoms with Gasteiger partial charge in [-0.2, -0.15) is 0 Å². The minimum atomic E-state index is 0.586. The Kier molecular flexibility index (Phi) is 4.81. The van der Waals surface area contributed by atoms with Gasteiger partial charge in [0.15, 0.2) is 0 Å². The van der Waals surface area contributed by atoms with Crippen LogP contribution in [-0.4, -0.2) is 13.7 Å². The van der Waals surface area contributed by atoms with Crippen molar-refractivity contribution in [1.82, 2.24) is 0 Å². The Morgan fingerprint density at radius 1 is 0.842 bits per heavy atom. The molecule has 3 heteroatoms. The molecular formula is C16H19NO2. The Hall–Kier alpha value is -2.00. The number of nitrogens with two attached hydrogens (primary N) is 1. The Bertz CT molecular complexity index is 444. The van der Waals surface area contributed by atoms with Crippen molar-refractivity contribution in [2.75, 3.05) is 13.7 Å². The third-order valence-corrected chi connectivity index (χ3v) is 2.98. The van der Waals surface area contributed by atoms with Gasteiger partial charge in [-0.25, -0.2) is 0 Å². The van der Waals surface area contributed by atoms with Crippen molar-refractivity contribution >= 4 is 0 Å². The van der Waals surface area contributed by atoms with Gasteiger partial charge in [0, 0.05) is 13.0 Å². The van der Waals surface area contributed by atoms with Gasteiger partial charge in [-0.15, -0.1) is 0 Å². The summed E-state index contributed by atoms with van der Waals surface area (Å²) < 4.78 is 10.8. The summed E-state index contributed by atoms with van der Waals surface area (Å²) in [5.41, 5.74) is 7.97. The molecule has 0 saturated carbocycles. The lowest BCUT2D eigenvalue weighted by atomic mass is 10.1. The van der Waals surface area contributed by atoms with E-state index in [1.54, 1.807) is 7.11 Å². The maximum absolute atomic E-state index is 5.69. The minimum absolute atomic E-state index is 0.586. The van der Waals surface area contributed by atoms with Gasteiger partial charge in [0.1, 0.15) is 11.5 Å². The highest BCUT2D eigenvalue weighted by Gasteiger charge is 1.97. The summed E-state index contributed by atoms with van der Waals surface area (Å²) >= 11 is 0. The maximum Gasteiger partial charge on any atom is 0.119 e. The highest BCUT2D eigenvalue weighted by atomic mass is 16.5. The number of methoxy groups -OCH3 is 1. The summed E-state index contributed by atoms with van der Waals surface area (Å²) in [6.45, 7) is 1.25. The molecule has 3 nitrogen and oxygen atoms in total. The molecule has 2 rings (SSSR count). The lowest BCUT2D eigenvalue weighted by Gasteiger charge is -2.07. The highest BCUT2D eigenvalue weighted by Crippen LogP contribution is 2.17. The van der Waals surface area contributed by atoms with Gasteiger partial charge in [-0.3, -0.25) is 0 Å². The molecule has 0 heterocycles. The van der Waals surface area contributed by atoms with Crippen LogP contribution in [0.1, 0.15) is 11.1 Å². The molecule has 0 fully saturated rings. The van der Waals surface area contributed by atoms with E-state index in [2.05, 4.69) is 24.3 Å². The summed E-state index contributed by atoms with van der Waals surface area (Å²) in [4.78, 5) is 0. The van der Waals surface area contributed by atoms with Gasteiger partial charge < -0.3 is 15.2 Å². The quantitative estimate of drug-likeness (QED) is 0.865. The molecular weight excluding hydrogens is 238 g/mol. The largest absolute Gasteiger partial charge is 0.497 e. The number of hydrogen-bond acceptors (Lipinski definition) is 3. The minimum Gasteiger partial charge on any atom is -0.497 e. The standard InChI is InChI=1S/C16H19NO2/c1-18-15-6-8-16(9-7-15)19-11-10-13-2-4-14(12-17)5-3-13/h2-9H,10-12,17H2,1H3. The molecule has 2 aromatic carbocycles. The number of benzene rings is 2. The molecule has 0 aliphatic heterocycles. The number of rotatable bonds is 6. The van der Waals surface area contributed by atoms with Crippen LogP contribution in [0.15, 0.2) is 48.5 Å². The third-order valence-electron chi connectivity index (χ3n) is 2.98. The average molecular weight is 257 g/mol.